The molecule has 24 heavy (non-hydrogen) atoms. The summed E-state index contributed by atoms with van der Waals surface area (Å²) in [5.74, 6) is -2.37. The largest absolute Gasteiger partial charge is 0.507 e. The standard InChI is InChI=1S/C16H18FNO4.C2H6/c1-5-7(2)18-6-10(16(21)22)15(20)11-13(18)12(17)8(3)9(4)14(11)19;1-2/h6-7,19H,5H2,1-4H3,(H,21,22);1-2H3. The zero-order valence-corrected chi connectivity index (χ0v) is 14.9. The molecule has 0 saturated heterocycles. The lowest BCUT2D eigenvalue weighted by Crippen LogP contribution is -2.21. The second-order valence-corrected chi connectivity index (χ2v) is 5.48. The first-order valence-corrected chi connectivity index (χ1v) is 8.02. The third-order valence-electron chi connectivity index (χ3n) is 4.22. The van der Waals surface area contributed by atoms with Crippen molar-refractivity contribution < 1.29 is 19.4 Å². The summed E-state index contributed by atoms with van der Waals surface area (Å²) in [5, 5.41) is 19.2. The first kappa shape index (κ1) is 19.7. The molecule has 1 unspecified atom stereocenters. The molecule has 0 aliphatic heterocycles. The number of rotatable bonds is 3. The molecular formula is C18H24FNO4. The van der Waals surface area contributed by atoms with Crippen LogP contribution in [-0.2, 0) is 0 Å². The number of aromatic hydroxyl groups is 1. The predicted octanol–water partition coefficient (Wildman–Crippen LogP) is 4.16. The van der Waals surface area contributed by atoms with Crippen molar-refractivity contribution >= 4 is 16.9 Å². The highest BCUT2D eigenvalue weighted by Gasteiger charge is 2.24. The van der Waals surface area contributed by atoms with Crippen molar-refractivity contribution in [3.63, 3.8) is 0 Å². The van der Waals surface area contributed by atoms with Crippen molar-refractivity contribution in [2.75, 3.05) is 0 Å². The van der Waals surface area contributed by atoms with E-state index < -0.39 is 22.8 Å². The summed E-state index contributed by atoms with van der Waals surface area (Å²) in [6.45, 7) is 10.7. The van der Waals surface area contributed by atoms with Crippen LogP contribution in [0.4, 0.5) is 4.39 Å². The van der Waals surface area contributed by atoms with Gasteiger partial charge in [-0.25, -0.2) is 9.18 Å². The van der Waals surface area contributed by atoms with Crippen LogP contribution < -0.4 is 5.43 Å². The van der Waals surface area contributed by atoms with Crippen LogP contribution in [0.3, 0.4) is 0 Å². The molecule has 0 bridgehead atoms. The van der Waals surface area contributed by atoms with Crippen molar-refractivity contribution in [2.24, 2.45) is 0 Å². The van der Waals surface area contributed by atoms with E-state index in [4.69, 9.17) is 0 Å². The van der Waals surface area contributed by atoms with Crippen LogP contribution in [0, 0.1) is 19.7 Å². The van der Waals surface area contributed by atoms with Gasteiger partial charge in [0.2, 0.25) is 5.43 Å². The Kier molecular flexibility index (Phi) is 6.12. The number of hydrogen-bond acceptors (Lipinski definition) is 3. The summed E-state index contributed by atoms with van der Waals surface area (Å²) in [5.41, 5.74) is -0.929. The van der Waals surface area contributed by atoms with Gasteiger partial charge in [0.05, 0.1) is 10.9 Å². The van der Waals surface area contributed by atoms with E-state index in [-0.39, 0.29) is 33.8 Å². The topological polar surface area (TPSA) is 79.5 Å². The molecule has 0 aliphatic rings. The fraction of sp³-hybridized carbons (Fsp3) is 0.444. The van der Waals surface area contributed by atoms with Gasteiger partial charge < -0.3 is 14.8 Å². The number of benzene rings is 1. The Hall–Kier alpha value is -2.37. The van der Waals surface area contributed by atoms with E-state index in [2.05, 4.69) is 0 Å². The highest BCUT2D eigenvalue weighted by Crippen LogP contribution is 2.33. The van der Waals surface area contributed by atoms with Crippen molar-refractivity contribution in [1.82, 2.24) is 4.57 Å². The molecule has 0 aliphatic carbocycles. The Bertz CT molecular complexity index is 839. The second-order valence-electron chi connectivity index (χ2n) is 5.48. The van der Waals surface area contributed by atoms with Gasteiger partial charge in [-0.15, -0.1) is 0 Å². The first-order valence-electron chi connectivity index (χ1n) is 8.02. The van der Waals surface area contributed by atoms with Gasteiger partial charge in [0.15, 0.2) is 5.82 Å². The molecule has 1 aromatic heterocycles. The van der Waals surface area contributed by atoms with Gasteiger partial charge in [-0.1, -0.05) is 20.8 Å². The van der Waals surface area contributed by atoms with E-state index in [9.17, 15) is 24.2 Å². The monoisotopic (exact) mass is 337 g/mol. The van der Waals surface area contributed by atoms with Crippen molar-refractivity contribution in [1.29, 1.82) is 0 Å². The lowest BCUT2D eigenvalue weighted by atomic mass is 10.0. The quantitative estimate of drug-likeness (QED) is 0.881. The van der Waals surface area contributed by atoms with Gasteiger partial charge in [-0.2, -0.15) is 0 Å². The minimum absolute atomic E-state index is 0.0510. The SMILES string of the molecule is CC.CCC(C)n1cc(C(=O)O)c(=O)c2c(O)c(C)c(C)c(F)c21. The van der Waals surface area contributed by atoms with Crippen molar-refractivity contribution in [3.8, 4) is 5.75 Å². The molecule has 0 fully saturated rings. The molecular weight excluding hydrogens is 313 g/mol. The Balaban J connectivity index is 0.00000139. The summed E-state index contributed by atoms with van der Waals surface area (Å²) in [6.07, 6.45) is 1.77. The Labute approximate surface area is 140 Å². The Morgan fingerprint density at radius 2 is 1.83 bits per heavy atom. The molecule has 5 nitrogen and oxygen atoms in total. The number of carboxylic acids is 1. The fourth-order valence-corrected chi connectivity index (χ4v) is 2.48. The number of aromatic carboxylic acids is 1. The number of hydrogen-bond donors (Lipinski definition) is 2. The van der Waals surface area contributed by atoms with Crippen LogP contribution in [0.15, 0.2) is 11.0 Å². The van der Waals surface area contributed by atoms with Gasteiger partial charge in [0, 0.05) is 12.2 Å². The van der Waals surface area contributed by atoms with E-state index in [0.29, 0.717) is 6.42 Å². The maximum atomic E-state index is 14.7. The number of halogens is 1. The molecule has 0 saturated carbocycles. The number of phenolic OH excluding ortho intramolecular Hbond substituents is 1. The lowest BCUT2D eigenvalue weighted by molar-refractivity contribution is 0.0694. The number of carboxylic acid groups (broad SMARTS) is 1. The third kappa shape index (κ3) is 3.00. The van der Waals surface area contributed by atoms with E-state index >= 15 is 0 Å². The molecule has 132 valence electrons. The highest BCUT2D eigenvalue weighted by molar-refractivity contribution is 5.96. The normalized spacial score (nSPS) is 11.8. The molecule has 1 aromatic carbocycles. The van der Waals surface area contributed by atoms with Gasteiger partial charge in [-0.3, -0.25) is 4.79 Å². The maximum Gasteiger partial charge on any atom is 0.341 e. The zero-order chi connectivity index (χ0) is 18.8. The number of nitrogens with zero attached hydrogens (tertiary/aromatic N) is 1. The number of carbonyl (C=O) groups is 1. The van der Waals surface area contributed by atoms with E-state index in [0.717, 1.165) is 6.20 Å². The zero-order valence-electron chi connectivity index (χ0n) is 14.9. The molecule has 0 spiro atoms. The summed E-state index contributed by atoms with van der Waals surface area (Å²) in [4.78, 5) is 23.6. The third-order valence-corrected chi connectivity index (χ3v) is 4.22. The predicted molar refractivity (Wildman–Crippen MR) is 92.6 cm³/mol. The van der Waals surface area contributed by atoms with E-state index in [1.807, 2.05) is 20.8 Å². The lowest BCUT2D eigenvalue weighted by Gasteiger charge is -2.20. The van der Waals surface area contributed by atoms with Crippen LogP contribution in [0.25, 0.3) is 10.9 Å². The van der Waals surface area contributed by atoms with Crippen LogP contribution in [-0.4, -0.2) is 20.7 Å². The number of aromatic nitrogens is 1. The fourth-order valence-electron chi connectivity index (χ4n) is 2.48. The summed E-state index contributed by atoms with van der Waals surface area (Å²) < 4.78 is 16.1. The second kappa shape index (κ2) is 7.47. The molecule has 6 heteroatoms. The minimum atomic E-state index is -1.40. The average Bonchev–Trinajstić information content (AvgIpc) is 2.58. The molecule has 2 N–H and O–H groups in total. The van der Waals surface area contributed by atoms with Crippen LogP contribution in [0.1, 0.15) is 61.6 Å². The summed E-state index contributed by atoms with van der Waals surface area (Å²) in [7, 11) is 0. The van der Waals surface area contributed by atoms with E-state index in [1.54, 1.807) is 6.92 Å². The Morgan fingerprint density at radius 1 is 1.29 bits per heavy atom. The van der Waals surface area contributed by atoms with Crippen LogP contribution >= 0.6 is 0 Å². The van der Waals surface area contributed by atoms with E-state index in [1.165, 1.54) is 18.4 Å². The minimum Gasteiger partial charge on any atom is -0.507 e. The highest BCUT2D eigenvalue weighted by atomic mass is 19.1. The van der Waals surface area contributed by atoms with Crippen molar-refractivity contribution in [2.45, 2.75) is 54.0 Å². The molecule has 2 rings (SSSR count). The van der Waals surface area contributed by atoms with Gasteiger partial charge in [0.1, 0.15) is 11.3 Å². The number of pyridine rings is 1. The smallest absolute Gasteiger partial charge is 0.341 e. The number of phenols is 1. The molecule has 2 aromatic rings. The molecule has 0 amide bonds. The molecule has 0 radical (unpaired) electrons. The number of fused-ring (bicyclic) bond motifs is 1. The summed E-state index contributed by atoms with van der Waals surface area (Å²) in [6, 6.07) is -0.225. The maximum absolute atomic E-state index is 14.7. The Morgan fingerprint density at radius 3 is 2.29 bits per heavy atom. The van der Waals surface area contributed by atoms with Gasteiger partial charge >= 0.3 is 5.97 Å². The molecule has 1 atom stereocenters. The molecule has 1 heterocycles. The van der Waals surface area contributed by atoms with Crippen molar-refractivity contribution in [3.05, 3.63) is 38.9 Å². The summed E-state index contributed by atoms with van der Waals surface area (Å²) >= 11 is 0. The van der Waals surface area contributed by atoms with Crippen LogP contribution in [0.2, 0.25) is 0 Å². The van der Waals surface area contributed by atoms with Gasteiger partial charge in [-0.05, 0) is 38.3 Å². The van der Waals surface area contributed by atoms with Gasteiger partial charge in [0.25, 0.3) is 0 Å². The first-order chi connectivity index (χ1) is 11.2. The van der Waals surface area contributed by atoms with Crippen LogP contribution in [0.5, 0.6) is 5.75 Å². The average molecular weight is 337 g/mol.